The number of halogens is 1. The summed E-state index contributed by atoms with van der Waals surface area (Å²) >= 11 is 0. The number of hydrogen-bond donors (Lipinski definition) is 2. The van der Waals surface area contributed by atoms with Gasteiger partial charge >= 0.3 is 6.09 Å². The molecule has 2 amide bonds. The minimum Gasteiger partial charge on any atom is -0.444 e. The van der Waals surface area contributed by atoms with Crippen LogP contribution in [0.15, 0.2) is 4.99 Å². The zero-order valence-corrected chi connectivity index (χ0v) is 20.8. The number of likely N-dealkylation sites (N-methyl/N-ethyl adjacent to an activating group) is 1. The first kappa shape index (κ1) is 25.8. The zero-order chi connectivity index (χ0) is 20.7. The first-order valence-corrected chi connectivity index (χ1v) is 10.4. The number of piperidine rings is 1. The van der Waals surface area contributed by atoms with Crippen molar-refractivity contribution in [1.82, 2.24) is 20.4 Å². The number of amides is 2. The van der Waals surface area contributed by atoms with Gasteiger partial charge in [0.05, 0.1) is 0 Å². The summed E-state index contributed by atoms with van der Waals surface area (Å²) in [5.74, 6) is 0.629. The number of guanidine groups is 1. The van der Waals surface area contributed by atoms with Crippen LogP contribution in [0, 0.1) is 0 Å². The molecule has 1 saturated heterocycles. The van der Waals surface area contributed by atoms with Gasteiger partial charge in [0.15, 0.2) is 5.96 Å². The normalized spacial score (nSPS) is 20.7. The second-order valence-corrected chi connectivity index (χ2v) is 8.99. The van der Waals surface area contributed by atoms with Crippen LogP contribution in [0.4, 0.5) is 4.79 Å². The highest BCUT2D eigenvalue weighted by molar-refractivity contribution is 14.0. The molecule has 2 fully saturated rings. The smallest absolute Gasteiger partial charge is 0.410 e. The van der Waals surface area contributed by atoms with Crippen LogP contribution in [-0.2, 0) is 9.53 Å². The molecule has 29 heavy (non-hydrogen) atoms. The molecule has 9 heteroatoms. The van der Waals surface area contributed by atoms with E-state index in [1.807, 2.05) is 20.8 Å². The third kappa shape index (κ3) is 9.39. The topological polar surface area (TPSA) is 86.3 Å². The summed E-state index contributed by atoms with van der Waals surface area (Å²) in [4.78, 5) is 32.1. The van der Waals surface area contributed by atoms with E-state index in [1.54, 1.807) is 23.9 Å². The van der Waals surface area contributed by atoms with E-state index in [0.29, 0.717) is 25.1 Å². The predicted octanol–water partition coefficient (Wildman–Crippen LogP) is 2.57. The summed E-state index contributed by atoms with van der Waals surface area (Å²) in [6.45, 7) is 7.02. The van der Waals surface area contributed by atoms with Gasteiger partial charge in [0.1, 0.15) is 12.1 Å². The average molecular weight is 523 g/mol. The molecule has 1 aliphatic carbocycles. The number of likely N-dealkylation sites (tertiary alicyclic amines) is 1. The van der Waals surface area contributed by atoms with Crippen molar-refractivity contribution in [2.24, 2.45) is 4.99 Å². The maximum Gasteiger partial charge on any atom is 0.410 e. The standard InChI is InChI=1S/C20H37N5O3.HI/c1-20(2,3)28-19(27)25-12-8-11-16(14-25)23-18(21-13-17(26)24(4)5)22-15-9-6-7-10-15;/h15-16H,6-14H2,1-5H3,(H2,21,22,23);1H. The lowest BCUT2D eigenvalue weighted by atomic mass is 10.1. The van der Waals surface area contributed by atoms with Crippen LogP contribution in [0.5, 0.6) is 0 Å². The molecule has 0 aromatic rings. The van der Waals surface area contributed by atoms with E-state index >= 15 is 0 Å². The molecule has 0 radical (unpaired) electrons. The van der Waals surface area contributed by atoms with Gasteiger partial charge in [-0.25, -0.2) is 9.79 Å². The van der Waals surface area contributed by atoms with Crippen molar-refractivity contribution in [3.8, 4) is 0 Å². The van der Waals surface area contributed by atoms with E-state index in [9.17, 15) is 9.59 Å². The van der Waals surface area contributed by atoms with Crippen molar-refractivity contribution in [3.05, 3.63) is 0 Å². The van der Waals surface area contributed by atoms with Gasteiger partial charge in [-0.15, -0.1) is 24.0 Å². The predicted molar refractivity (Wildman–Crippen MR) is 126 cm³/mol. The summed E-state index contributed by atoms with van der Waals surface area (Å²) in [6, 6.07) is 0.481. The highest BCUT2D eigenvalue weighted by Crippen LogP contribution is 2.18. The van der Waals surface area contributed by atoms with Crippen LogP contribution in [0.3, 0.4) is 0 Å². The maximum atomic E-state index is 12.4. The molecular weight excluding hydrogens is 485 g/mol. The Morgan fingerprint density at radius 2 is 1.66 bits per heavy atom. The quantitative estimate of drug-likeness (QED) is 0.336. The van der Waals surface area contributed by atoms with E-state index in [0.717, 1.165) is 25.7 Å². The lowest BCUT2D eigenvalue weighted by Gasteiger charge is -2.35. The number of carbonyl (C=O) groups is 2. The molecule has 0 spiro atoms. The highest BCUT2D eigenvalue weighted by Gasteiger charge is 2.28. The van der Waals surface area contributed by atoms with E-state index in [1.165, 1.54) is 12.8 Å². The molecule has 1 saturated carbocycles. The average Bonchev–Trinajstić information content (AvgIpc) is 3.11. The van der Waals surface area contributed by atoms with Gasteiger partial charge in [-0.05, 0) is 46.5 Å². The van der Waals surface area contributed by atoms with Crippen molar-refractivity contribution in [2.45, 2.75) is 77.0 Å². The summed E-state index contributed by atoms with van der Waals surface area (Å²) < 4.78 is 5.51. The van der Waals surface area contributed by atoms with Crippen molar-refractivity contribution in [3.63, 3.8) is 0 Å². The SMILES string of the molecule is CN(C)C(=O)CN=C(NC1CCCC1)NC1CCCN(C(=O)OC(C)(C)C)C1.I. The zero-order valence-electron chi connectivity index (χ0n) is 18.5. The van der Waals surface area contributed by atoms with Crippen molar-refractivity contribution < 1.29 is 14.3 Å². The molecule has 1 heterocycles. The minimum atomic E-state index is -0.499. The Bertz CT molecular complexity index is 571. The molecule has 0 aromatic carbocycles. The number of nitrogens with zero attached hydrogens (tertiary/aromatic N) is 3. The maximum absolute atomic E-state index is 12.4. The van der Waals surface area contributed by atoms with Gasteiger partial charge in [-0.3, -0.25) is 4.79 Å². The first-order chi connectivity index (χ1) is 13.1. The molecule has 168 valence electrons. The summed E-state index contributed by atoms with van der Waals surface area (Å²) in [5, 5.41) is 6.92. The van der Waals surface area contributed by atoms with Crippen LogP contribution < -0.4 is 10.6 Å². The van der Waals surface area contributed by atoms with Gasteiger partial charge in [-0.1, -0.05) is 12.8 Å². The van der Waals surface area contributed by atoms with Gasteiger partial charge < -0.3 is 25.2 Å². The molecule has 8 nitrogen and oxygen atoms in total. The number of carbonyl (C=O) groups excluding carboxylic acids is 2. The first-order valence-electron chi connectivity index (χ1n) is 10.4. The van der Waals surface area contributed by atoms with Crippen LogP contribution >= 0.6 is 24.0 Å². The molecular formula is C20H38IN5O3. The number of hydrogen-bond acceptors (Lipinski definition) is 4. The fourth-order valence-electron chi connectivity index (χ4n) is 3.47. The van der Waals surface area contributed by atoms with Crippen LogP contribution in [0.2, 0.25) is 0 Å². The van der Waals surface area contributed by atoms with Crippen LogP contribution in [0.1, 0.15) is 59.3 Å². The molecule has 1 aliphatic heterocycles. The van der Waals surface area contributed by atoms with Gasteiger partial charge in [0, 0.05) is 39.3 Å². The van der Waals surface area contributed by atoms with Gasteiger partial charge in [0.2, 0.25) is 5.91 Å². The third-order valence-corrected chi connectivity index (χ3v) is 4.98. The van der Waals surface area contributed by atoms with Crippen LogP contribution in [0.25, 0.3) is 0 Å². The molecule has 2 rings (SSSR count). The second-order valence-electron chi connectivity index (χ2n) is 8.99. The number of aliphatic imine (C=N–C) groups is 1. The Morgan fingerprint density at radius 1 is 1.07 bits per heavy atom. The lowest BCUT2D eigenvalue weighted by molar-refractivity contribution is -0.127. The highest BCUT2D eigenvalue weighted by atomic mass is 127. The molecule has 0 aromatic heterocycles. The molecule has 1 unspecified atom stereocenters. The Hall–Kier alpha value is -1.26. The Labute approximate surface area is 192 Å². The van der Waals surface area contributed by atoms with Crippen molar-refractivity contribution in [2.75, 3.05) is 33.7 Å². The summed E-state index contributed by atoms with van der Waals surface area (Å²) in [5.41, 5.74) is -0.499. The van der Waals surface area contributed by atoms with E-state index < -0.39 is 5.60 Å². The Balaban J connectivity index is 0.00000420. The van der Waals surface area contributed by atoms with E-state index in [4.69, 9.17) is 4.74 Å². The third-order valence-electron chi connectivity index (χ3n) is 4.98. The fourth-order valence-corrected chi connectivity index (χ4v) is 3.47. The molecule has 2 aliphatic rings. The lowest BCUT2D eigenvalue weighted by Crippen LogP contribution is -2.54. The molecule has 0 bridgehead atoms. The van der Waals surface area contributed by atoms with Crippen molar-refractivity contribution >= 4 is 41.9 Å². The van der Waals surface area contributed by atoms with E-state index in [2.05, 4.69) is 15.6 Å². The second kappa shape index (κ2) is 11.8. The van der Waals surface area contributed by atoms with E-state index in [-0.39, 0.29) is 48.6 Å². The van der Waals surface area contributed by atoms with Crippen molar-refractivity contribution in [1.29, 1.82) is 0 Å². The molecule has 1 atom stereocenters. The van der Waals surface area contributed by atoms with Crippen LogP contribution in [-0.4, -0.2) is 79.2 Å². The number of ether oxygens (including phenoxy) is 1. The van der Waals surface area contributed by atoms with Gasteiger partial charge in [0.25, 0.3) is 0 Å². The number of rotatable bonds is 4. The Kier molecular flexibility index (Phi) is 10.5. The molecule has 2 N–H and O–H groups in total. The van der Waals surface area contributed by atoms with Gasteiger partial charge in [-0.2, -0.15) is 0 Å². The largest absolute Gasteiger partial charge is 0.444 e. The number of nitrogens with one attached hydrogen (secondary N) is 2. The fraction of sp³-hybridized carbons (Fsp3) is 0.850. The monoisotopic (exact) mass is 523 g/mol. The Morgan fingerprint density at radius 3 is 2.24 bits per heavy atom. The summed E-state index contributed by atoms with van der Waals surface area (Å²) in [7, 11) is 3.46. The summed E-state index contributed by atoms with van der Waals surface area (Å²) in [6.07, 6.45) is 6.27. The minimum absolute atomic E-state index is 0.